The molecule has 9 heterocycles. The van der Waals surface area contributed by atoms with Crippen LogP contribution in [0, 0.1) is 10.1 Å². The SMILES string of the molecule is COc1ccc2c(=O)cc[nH]c2c1.O=C(O)c1c[nH]c2cc(C(F)(F)F)ccc2c1=O.O=C(O)c1ccc2cccnc2c1O.O=[N+]([O-])c1ccc(O)c2ncccc12.O=c1cc2ccccc2c[nH]1.O=c1cc[nH]c2ccccc12.O=c1ccc2ccccc2[nH]1.Oc1ccc2cccnc2c1.Oc1ccc2ncccc2c1. The molecule has 9 aromatic heterocycles. The third-order valence-corrected chi connectivity index (χ3v) is 16.4. The first-order valence-corrected chi connectivity index (χ1v) is 33.8. The number of aromatic amines is 5. The summed E-state index contributed by atoms with van der Waals surface area (Å²) in [4.78, 5) is 117. The number of carboxylic acids is 2. The average Bonchev–Trinajstić information content (AvgIpc) is 0.800. The number of benzene rings is 9. The van der Waals surface area contributed by atoms with Gasteiger partial charge >= 0.3 is 18.1 Å². The van der Waals surface area contributed by atoms with Crippen molar-refractivity contribution in [2.24, 2.45) is 0 Å². The molecule has 0 aliphatic carbocycles. The van der Waals surface area contributed by atoms with E-state index in [2.05, 4.69) is 44.9 Å². The van der Waals surface area contributed by atoms with Crippen LogP contribution >= 0.6 is 0 Å². The standard InChI is InChI=1S/C11H6F3NO3.C10H7NO3.C10H9NO2.C9H6N2O3.5C9H7NO/c12-11(13,14)5-1-2-6-8(3-5)15-4-7(9(6)16)10(17)18;12-9-7(10(13)14)4-3-6-2-1-5-11-8(6)9;1-13-7-2-3-8-9(6-7)11-5-4-10(8)12;12-8-4-3-7(11(13)14)6-2-1-5-10-9(6)8;11-8-3-4-9-7(6-8)2-1-5-10-9;11-8-4-3-7-2-1-5-10-9(7)6-8;11-9-5-7-3-1-2-4-8(7)6-10-9;11-9-5-6-10-8-4-2-1-3-7(8)9;11-9-6-5-7-3-1-2-4-8(7)10-9/h1-4H,(H,15,16)(H,17,18);1-5,12H,(H,13,14);2-6H,1H3,(H,11,12);1-5,12H;2*1-6,11H;3*1-6H,(H,10,11). The summed E-state index contributed by atoms with van der Waals surface area (Å²) in [6.07, 6.45) is 7.80. The fourth-order valence-electron chi connectivity index (χ4n) is 10.9. The highest BCUT2D eigenvalue weighted by Gasteiger charge is 2.31. The number of alkyl halides is 3. The van der Waals surface area contributed by atoms with Gasteiger partial charge in [-0.15, -0.1) is 0 Å². The summed E-state index contributed by atoms with van der Waals surface area (Å²) in [6, 6.07) is 68.7. The van der Waals surface area contributed by atoms with Gasteiger partial charge in [0.05, 0.1) is 39.5 Å². The van der Waals surface area contributed by atoms with Crippen molar-refractivity contribution in [3.63, 3.8) is 0 Å². The summed E-state index contributed by atoms with van der Waals surface area (Å²) in [7, 11) is 1.60. The second kappa shape index (κ2) is 37.6. The number of aromatic hydroxyl groups is 4. The smallest absolute Gasteiger partial charge is 0.416 e. The highest BCUT2D eigenvalue weighted by molar-refractivity contribution is 5.99. The number of H-pyrrole nitrogens is 5. The predicted molar refractivity (Wildman–Crippen MR) is 429 cm³/mol. The highest BCUT2D eigenvalue weighted by atomic mass is 19.4. The molecular formula is C85H63F3N10O16. The van der Waals surface area contributed by atoms with Crippen LogP contribution in [0.15, 0.2) is 322 Å². The number of phenolic OH excluding ortho intramolecular Hbond substituents is 3. The van der Waals surface area contributed by atoms with Crippen molar-refractivity contribution < 1.29 is 63.1 Å². The number of para-hydroxylation sites is 2. The molecule has 18 aromatic rings. The van der Waals surface area contributed by atoms with Gasteiger partial charge in [-0.1, -0.05) is 78.9 Å². The Morgan fingerprint density at radius 2 is 0.982 bits per heavy atom. The number of nitrogens with one attached hydrogen (secondary N) is 5. The first kappa shape index (κ1) is 80.3. The van der Waals surface area contributed by atoms with Crippen LogP contribution in [0.3, 0.4) is 0 Å². The number of non-ortho nitro benzene ring substituents is 1. The van der Waals surface area contributed by atoms with Crippen molar-refractivity contribution in [1.82, 2.24) is 44.9 Å². The number of aromatic nitrogens is 9. The molecule has 29 heteroatoms. The van der Waals surface area contributed by atoms with E-state index in [1.807, 2.05) is 109 Å². The van der Waals surface area contributed by atoms with Crippen molar-refractivity contribution in [3.8, 4) is 28.7 Å². The van der Waals surface area contributed by atoms with Gasteiger partial charge in [0.25, 0.3) is 5.69 Å². The number of ether oxygens (including phenoxy) is 1. The molecule has 0 bridgehead atoms. The molecule has 0 aliphatic rings. The van der Waals surface area contributed by atoms with Crippen molar-refractivity contribution in [2.45, 2.75) is 6.18 Å². The van der Waals surface area contributed by atoms with Crippen LogP contribution in [0.2, 0.25) is 0 Å². The van der Waals surface area contributed by atoms with E-state index in [0.29, 0.717) is 16.3 Å². The number of carbonyl (C=O) groups is 2. The summed E-state index contributed by atoms with van der Waals surface area (Å²) in [5, 5.41) is 72.7. The molecule has 0 spiro atoms. The third-order valence-electron chi connectivity index (χ3n) is 16.4. The van der Waals surface area contributed by atoms with Gasteiger partial charge in [-0.3, -0.25) is 54.0 Å². The Kier molecular flexibility index (Phi) is 26.5. The van der Waals surface area contributed by atoms with Gasteiger partial charge in [-0.2, -0.15) is 13.2 Å². The molecule has 26 nitrogen and oxygen atoms in total. The lowest BCUT2D eigenvalue weighted by Gasteiger charge is -2.07. The molecule has 18 rings (SSSR count). The van der Waals surface area contributed by atoms with Gasteiger partial charge in [0.2, 0.25) is 16.5 Å². The summed E-state index contributed by atoms with van der Waals surface area (Å²) < 4.78 is 42.4. The molecule has 11 N–H and O–H groups in total. The predicted octanol–water partition coefficient (Wildman–Crippen LogP) is 15.7. The third kappa shape index (κ3) is 21.1. The second-order valence-corrected chi connectivity index (χ2v) is 23.9. The van der Waals surface area contributed by atoms with Crippen molar-refractivity contribution in [3.05, 3.63) is 376 Å². The van der Waals surface area contributed by atoms with E-state index in [0.717, 1.165) is 95.4 Å². The summed E-state index contributed by atoms with van der Waals surface area (Å²) in [5.41, 5.74) is 2.39. The fraction of sp³-hybridized carbons (Fsp3) is 0.0235. The number of carboxylic acid groups (broad SMARTS) is 2. The highest BCUT2D eigenvalue weighted by Crippen LogP contribution is 2.32. The molecule has 0 radical (unpaired) electrons. The van der Waals surface area contributed by atoms with Crippen LogP contribution in [0.1, 0.15) is 26.3 Å². The maximum absolute atomic E-state index is 12.4. The van der Waals surface area contributed by atoms with Crippen molar-refractivity contribution in [1.29, 1.82) is 0 Å². The van der Waals surface area contributed by atoms with Crippen LogP contribution in [-0.2, 0) is 6.18 Å². The number of rotatable bonds is 4. The van der Waals surface area contributed by atoms with Gasteiger partial charge in [0.1, 0.15) is 45.2 Å². The Labute approximate surface area is 639 Å². The summed E-state index contributed by atoms with van der Waals surface area (Å²) in [5.74, 6) is -1.63. The van der Waals surface area contributed by atoms with Gasteiger partial charge in [0, 0.05) is 141 Å². The lowest BCUT2D eigenvalue weighted by Crippen LogP contribution is -2.15. The number of aromatic carboxylic acids is 2. The molecule has 0 amide bonds. The number of hydrogen-bond donors (Lipinski definition) is 11. The fourth-order valence-corrected chi connectivity index (χ4v) is 10.9. The van der Waals surface area contributed by atoms with E-state index in [1.165, 1.54) is 48.8 Å². The van der Waals surface area contributed by atoms with Gasteiger partial charge in [-0.25, -0.2) is 9.59 Å². The Balaban J connectivity index is 0.000000136. The molecule has 0 fully saturated rings. The van der Waals surface area contributed by atoms with Crippen LogP contribution in [0.25, 0.3) is 98.0 Å². The minimum absolute atomic E-state index is 0.0244. The molecule has 0 aliphatic heterocycles. The van der Waals surface area contributed by atoms with E-state index in [1.54, 1.807) is 123 Å². The van der Waals surface area contributed by atoms with Crippen molar-refractivity contribution >= 4 is 116 Å². The largest absolute Gasteiger partial charge is 0.508 e. The van der Waals surface area contributed by atoms with Gasteiger partial charge in [0.15, 0.2) is 16.6 Å². The summed E-state index contributed by atoms with van der Waals surface area (Å²) >= 11 is 0. The first-order valence-electron chi connectivity index (χ1n) is 33.8. The monoisotopic (exact) mass is 1540 g/mol. The van der Waals surface area contributed by atoms with Gasteiger partial charge in [-0.05, 0) is 144 Å². The van der Waals surface area contributed by atoms with E-state index >= 15 is 0 Å². The molecule has 570 valence electrons. The quantitative estimate of drug-likeness (QED) is 0.0576. The van der Waals surface area contributed by atoms with E-state index in [9.17, 15) is 67.1 Å². The number of pyridine rings is 9. The Morgan fingerprint density at radius 3 is 1.68 bits per heavy atom. The zero-order valence-electron chi connectivity index (χ0n) is 59.4. The maximum atomic E-state index is 12.4. The zero-order chi connectivity index (χ0) is 81.4. The second-order valence-electron chi connectivity index (χ2n) is 23.9. The van der Waals surface area contributed by atoms with Crippen LogP contribution < -0.4 is 32.1 Å². The number of phenols is 4. The van der Waals surface area contributed by atoms with E-state index < -0.39 is 39.6 Å². The molecule has 0 saturated heterocycles. The Bertz CT molecular complexity index is 6650. The molecule has 0 saturated carbocycles. The van der Waals surface area contributed by atoms with E-state index in [-0.39, 0.29) is 72.6 Å². The number of nitrogens with zero attached hydrogens (tertiary/aromatic N) is 5. The Morgan fingerprint density at radius 1 is 0.430 bits per heavy atom. The van der Waals surface area contributed by atoms with Crippen LogP contribution in [-0.4, -0.2) is 99.5 Å². The molecule has 9 aromatic carbocycles. The molecular weight excluding hydrogens is 1470 g/mol. The number of nitro benzene ring substituents is 1. The molecule has 0 unspecified atom stereocenters. The number of halogens is 3. The Hall–Kier alpha value is -16.2. The maximum Gasteiger partial charge on any atom is 0.416 e. The van der Waals surface area contributed by atoms with Crippen LogP contribution in [0.5, 0.6) is 28.7 Å². The zero-order valence-corrected chi connectivity index (χ0v) is 59.4. The number of hydrogen-bond acceptors (Lipinski definition) is 18. The first-order chi connectivity index (χ1) is 54.8. The number of methoxy groups -OCH3 is 1. The summed E-state index contributed by atoms with van der Waals surface area (Å²) in [6.45, 7) is 0. The molecule has 0 atom stereocenters. The number of fused-ring (bicyclic) bond motifs is 9. The lowest BCUT2D eigenvalue weighted by atomic mass is 10.1. The average molecular weight is 1540 g/mol. The van der Waals surface area contributed by atoms with Crippen LogP contribution in [0.4, 0.5) is 18.9 Å². The van der Waals surface area contributed by atoms with Gasteiger partial charge < -0.3 is 60.3 Å². The lowest BCUT2D eigenvalue weighted by molar-refractivity contribution is -0.383. The minimum atomic E-state index is -4.52. The number of nitro groups is 1. The topological polar surface area (TPSA) is 424 Å². The minimum Gasteiger partial charge on any atom is -0.508 e. The normalized spacial score (nSPS) is 10.5. The van der Waals surface area contributed by atoms with E-state index in [4.69, 9.17) is 25.2 Å². The van der Waals surface area contributed by atoms with Crippen molar-refractivity contribution in [2.75, 3.05) is 7.11 Å². The molecule has 114 heavy (non-hydrogen) atoms.